The van der Waals surface area contributed by atoms with E-state index in [-0.39, 0.29) is 29.6 Å². The Labute approximate surface area is 179 Å². The molecule has 1 amide bonds. The van der Waals surface area contributed by atoms with E-state index in [4.69, 9.17) is 0 Å². The van der Waals surface area contributed by atoms with Crippen LogP contribution in [0.1, 0.15) is 16.7 Å². The third-order valence-corrected chi connectivity index (χ3v) is 5.86. The lowest BCUT2D eigenvalue weighted by molar-refractivity contribution is -0.115. The molecular weight excluding hydrogens is 424 g/mol. The number of halogens is 2. The third-order valence-electron chi connectivity index (χ3n) is 4.32. The van der Waals surface area contributed by atoms with Crippen molar-refractivity contribution in [2.45, 2.75) is 24.5 Å². The Hall–Kier alpha value is -3.26. The summed E-state index contributed by atoms with van der Waals surface area (Å²) in [6.07, 6.45) is -0.0447. The highest BCUT2D eigenvalue weighted by Crippen LogP contribution is 2.19. The number of hydrogen-bond acceptors (Lipinski definition) is 4. The summed E-state index contributed by atoms with van der Waals surface area (Å²) in [7, 11) is -3.38. The van der Waals surface area contributed by atoms with E-state index in [1.807, 2.05) is 6.07 Å². The van der Waals surface area contributed by atoms with Crippen LogP contribution in [0, 0.1) is 0 Å². The number of alkyl halides is 2. The number of amides is 1. The molecule has 31 heavy (non-hydrogen) atoms. The summed E-state index contributed by atoms with van der Waals surface area (Å²) < 4.78 is 54.0. The molecule has 3 rings (SSSR count). The van der Waals surface area contributed by atoms with E-state index >= 15 is 0 Å². The number of rotatable bonds is 9. The second kappa shape index (κ2) is 10.2. The second-order valence-electron chi connectivity index (χ2n) is 6.97. The van der Waals surface area contributed by atoms with Gasteiger partial charge in [-0.15, -0.1) is 0 Å². The predicted molar refractivity (Wildman–Crippen MR) is 115 cm³/mol. The van der Waals surface area contributed by atoms with Gasteiger partial charge in [0, 0.05) is 5.69 Å². The number of hydrogen-bond donors (Lipinski definition) is 1. The zero-order chi connectivity index (χ0) is 22.3. The molecule has 0 bridgehead atoms. The van der Waals surface area contributed by atoms with E-state index in [2.05, 4.69) is 10.1 Å². The molecule has 1 N–H and O–H groups in total. The molecular formula is C23H21F2NO4S. The lowest BCUT2D eigenvalue weighted by atomic mass is 10.1. The van der Waals surface area contributed by atoms with Crippen LogP contribution in [0.3, 0.4) is 0 Å². The SMILES string of the molecule is O=C(Cc1cccc(OC(F)F)c1)Nc1cccc(CS(=O)(=O)Cc2ccccc2)c1. The molecule has 162 valence electrons. The Bertz CT molecular complexity index is 1140. The number of carbonyl (C=O) groups excluding carboxylic acids is 1. The number of carbonyl (C=O) groups is 1. The Morgan fingerprint density at radius 2 is 1.48 bits per heavy atom. The van der Waals surface area contributed by atoms with Crippen LogP contribution < -0.4 is 10.1 Å². The van der Waals surface area contributed by atoms with Crippen LogP contribution in [-0.2, 0) is 32.6 Å². The van der Waals surface area contributed by atoms with E-state index in [1.54, 1.807) is 54.6 Å². The van der Waals surface area contributed by atoms with Gasteiger partial charge >= 0.3 is 6.61 Å². The summed E-state index contributed by atoms with van der Waals surface area (Å²) in [5.41, 5.74) is 2.24. The minimum absolute atomic E-state index is 0.0223. The van der Waals surface area contributed by atoms with Crippen molar-refractivity contribution in [2.24, 2.45) is 0 Å². The fourth-order valence-corrected chi connectivity index (χ4v) is 4.58. The fourth-order valence-electron chi connectivity index (χ4n) is 3.09. The van der Waals surface area contributed by atoms with E-state index in [1.165, 1.54) is 18.2 Å². The second-order valence-corrected chi connectivity index (χ2v) is 9.03. The maximum absolute atomic E-state index is 12.5. The first-order valence-corrected chi connectivity index (χ1v) is 11.3. The van der Waals surface area contributed by atoms with Gasteiger partial charge in [-0.1, -0.05) is 54.6 Å². The van der Waals surface area contributed by atoms with Gasteiger partial charge in [0.05, 0.1) is 17.9 Å². The van der Waals surface area contributed by atoms with Crippen LogP contribution in [0.2, 0.25) is 0 Å². The summed E-state index contributed by atoms with van der Waals surface area (Å²) in [6.45, 7) is -2.94. The number of sulfone groups is 1. The molecule has 0 spiro atoms. The summed E-state index contributed by atoms with van der Waals surface area (Å²) in [5, 5.41) is 2.70. The van der Waals surface area contributed by atoms with Gasteiger partial charge in [0.15, 0.2) is 9.84 Å². The molecule has 3 aromatic rings. The molecule has 0 aliphatic heterocycles. The molecule has 0 fully saturated rings. The largest absolute Gasteiger partial charge is 0.435 e. The normalized spacial score (nSPS) is 11.3. The van der Waals surface area contributed by atoms with Crippen molar-refractivity contribution in [2.75, 3.05) is 5.32 Å². The Balaban J connectivity index is 1.62. The van der Waals surface area contributed by atoms with Gasteiger partial charge in [-0.05, 0) is 41.0 Å². The standard InChI is InChI=1S/C23H21F2NO4S/c24-23(25)30-21-11-5-8-18(13-21)14-22(27)26-20-10-4-9-19(12-20)16-31(28,29)15-17-6-2-1-3-7-17/h1-13,23H,14-16H2,(H,26,27). The average Bonchev–Trinajstić information content (AvgIpc) is 2.68. The van der Waals surface area contributed by atoms with Gasteiger partial charge in [-0.25, -0.2) is 8.42 Å². The maximum atomic E-state index is 12.5. The molecule has 8 heteroatoms. The van der Waals surface area contributed by atoms with Crippen molar-refractivity contribution in [1.29, 1.82) is 0 Å². The molecule has 0 saturated heterocycles. The highest BCUT2D eigenvalue weighted by atomic mass is 32.2. The smallest absolute Gasteiger partial charge is 0.387 e. The van der Waals surface area contributed by atoms with Gasteiger partial charge in [-0.3, -0.25) is 4.79 Å². The summed E-state index contributed by atoms with van der Waals surface area (Å²) >= 11 is 0. The van der Waals surface area contributed by atoms with Gasteiger partial charge in [0.25, 0.3) is 0 Å². The molecule has 0 aliphatic rings. The minimum atomic E-state index is -3.38. The molecule has 5 nitrogen and oxygen atoms in total. The fraction of sp³-hybridized carbons (Fsp3) is 0.174. The summed E-state index contributed by atoms with van der Waals surface area (Å²) in [5.74, 6) is -0.607. The van der Waals surface area contributed by atoms with Gasteiger partial charge in [-0.2, -0.15) is 8.78 Å². The lowest BCUT2D eigenvalue weighted by Crippen LogP contribution is -2.15. The number of anilines is 1. The van der Waals surface area contributed by atoms with Crippen molar-refractivity contribution < 1.29 is 26.7 Å². The van der Waals surface area contributed by atoms with E-state index in [9.17, 15) is 22.0 Å². The predicted octanol–water partition coefficient (Wildman–Crippen LogP) is 4.58. The maximum Gasteiger partial charge on any atom is 0.387 e. The van der Waals surface area contributed by atoms with Crippen molar-refractivity contribution >= 4 is 21.4 Å². The monoisotopic (exact) mass is 445 g/mol. The molecule has 0 radical (unpaired) electrons. The minimum Gasteiger partial charge on any atom is -0.435 e. The van der Waals surface area contributed by atoms with E-state index in [0.717, 1.165) is 0 Å². The van der Waals surface area contributed by atoms with Crippen LogP contribution in [0.15, 0.2) is 78.9 Å². The van der Waals surface area contributed by atoms with Gasteiger partial charge < -0.3 is 10.1 Å². The van der Waals surface area contributed by atoms with Crippen LogP contribution in [0.5, 0.6) is 5.75 Å². The highest BCUT2D eigenvalue weighted by Gasteiger charge is 2.14. The quantitative estimate of drug-likeness (QED) is 0.523. The summed E-state index contributed by atoms with van der Waals surface area (Å²) in [4.78, 5) is 12.3. The van der Waals surface area contributed by atoms with Crippen molar-refractivity contribution in [3.63, 3.8) is 0 Å². The van der Waals surface area contributed by atoms with Gasteiger partial charge in [0.1, 0.15) is 5.75 Å². The summed E-state index contributed by atoms with van der Waals surface area (Å²) in [6, 6.07) is 21.4. The highest BCUT2D eigenvalue weighted by molar-refractivity contribution is 7.89. The number of benzene rings is 3. The van der Waals surface area contributed by atoms with Crippen molar-refractivity contribution in [3.8, 4) is 5.75 Å². The molecule has 0 saturated carbocycles. The van der Waals surface area contributed by atoms with Crippen LogP contribution >= 0.6 is 0 Å². The van der Waals surface area contributed by atoms with Crippen LogP contribution in [-0.4, -0.2) is 20.9 Å². The Morgan fingerprint density at radius 3 is 2.23 bits per heavy atom. The zero-order valence-electron chi connectivity index (χ0n) is 16.5. The van der Waals surface area contributed by atoms with Gasteiger partial charge in [0.2, 0.25) is 5.91 Å². The number of ether oxygens (including phenoxy) is 1. The van der Waals surface area contributed by atoms with E-state index < -0.39 is 16.4 Å². The van der Waals surface area contributed by atoms with Crippen molar-refractivity contribution in [1.82, 2.24) is 0 Å². The lowest BCUT2D eigenvalue weighted by Gasteiger charge is -2.10. The Kier molecular flexibility index (Phi) is 7.36. The zero-order valence-corrected chi connectivity index (χ0v) is 17.3. The molecule has 0 heterocycles. The molecule has 0 unspecified atom stereocenters. The molecule has 0 aromatic heterocycles. The van der Waals surface area contributed by atoms with E-state index in [0.29, 0.717) is 22.4 Å². The van der Waals surface area contributed by atoms with Crippen LogP contribution in [0.4, 0.5) is 14.5 Å². The first-order valence-electron chi connectivity index (χ1n) is 9.46. The van der Waals surface area contributed by atoms with Crippen molar-refractivity contribution in [3.05, 3.63) is 95.6 Å². The molecule has 0 atom stereocenters. The van der Waals surface area contributed by atoms with Crippen LogP contribution in [0.25, 0.3) is 0 Å². The number of nitrogens with one attached hydrogen (secondary N) is 1. The third kappa shape index (κ3) is 7.49. The molecule has 0 aliphatic carbocycles. The first kappa shape index (κ1) is 22.4. The average molecular weight is 445 g/mol. The topological polar surface area (TPSA) is 72.5 Å². The first-order chi connectivity index (χ1) is 14.8. The Morgan fingerprint density at radius 1 is 0.839 bits per heavy atom. The molecule has 3 aromatic carbocycles.